The van der Waals surface area contributed by atoms with Gasteiger partial charge in [-0.3, -0.25) is 0 Å². The molecule has 8 nitrogen and oxygen atoms in total. The highest BCUT2D eigenvalue weighted by Gasteiger charge is 2.11. The molecule has 0 unspecified atom stereocenters. The smallest absolute Gasteiger partial charge is 0.322 e. The Bertz CT molecular complexity index is 1210. The number of nitrogens with zero attached hydrogens (tertiary/aromatic N) is 2. The number of rotatable bonds is 13. The fourth-order valence-electron chi connectivity index (χ4n) is 3.70. The first-order valence-corrected chi connectivity index (χ1v) is 11.9. The van der Waals surface area contributed by atoms with E-state index in [1.54, 1.807) is 27.4 Å². The van der Waals surface area contributed by atoms with E-state index >= 15 is 0 Å². The van der Waals surface area contributed by atoms with Crippen LogP contribution in [0.4, 0.5) is 5.82 Å². The predicted molar refractivity (Wildman–Crippen MR) is 142 cm³/mol. The van der Waals surface area contributed by atoms with Gasteiger partial charge in [0.15, 0.2) is 0 Å². The first-order valence-electron chi connectivity index (χ1n) is 11.9. The van der Waals surface area contributed by atoms with Crippen molar-refractivity contribution in [2.75, 3.05) is 33.2 Å². The van der Waals surface area contributed by atoms with Gasteiger partial charge in [0, 0.05) is 23.7 Å². The van der Waals surface area contributed by atoms with Gasteiger partial charge in [-0.15, -0.1) is 0 Å². The number of anilines is 1. The van der Waals surface area contributed by atoms with Gasteiger partial charge in [-0.25, -0.2) is 0 Å². The molecule has 0 aliphatic rings. The summed E-state index contributed by atoms with van der Waals surface area (Å²) in [4.78, 5) is 9.01. The Morgan fingerprint density at radius 3 is 1.92 bits per heavy atom. The van der Waals surface area contributed by atoms with Gasteiger partial charge in [0.2, 0.25) is 5.88 Å². The quantitative estimate of drug-likeness (QED) is 0.264. The molecule has 1 aromatic heterocycles. The van der Waals surface area contributed by atoms with E-state index in [4.69, 9.17) is 23.7 Å². The summed E-state index contributed by atoms with van der Waals surface area (Å²) in [6.07, 6.45) is 0.808. The van der Waals surface area contributed by atoms with Crippen LogP contribution >= 0.6 is 0 Å². The highest BCUT2D eigenvalue weighted by atomic mass is 16.5. The van der Waals surface area contributed by atoms with Crippen molar-refractivity contribution in [3.63, 3.8) is 0 Å². The summed E-state index contributed by atoms with van der Waals surface area (Å²) >= 11 is 0. The molecule has 0 radical (unpaired) electrons. The third-order valence-electron chi connectivity index (χ3n) is 5.68. The SMILES string of the molecule is COc1ccc(CCNc2cc(OCc3ccccc3OC)nc(OCc3ccccc3OC)n2)cc1. The number of hydrogen-bond acceptors (Lipinski definition) is 8. The lowest BCUT2D eigenvalue weighted by atomic mass is 10.1. The Labute approximate surface area is 217 Å². The van der Waals surface area contributed by atoms with Gasteiger partial charge in [-0.2, -0.15) is 9.97 Å². The van der Waals surface area contributed by atoms with E-state index < -0.39 is 0 Å². The molecule has 0 fully saturated rings. The highest BCUT2D eigenvalue weighted by Crippen LogP contribution is 2.24. The summed E-state index contributed by atoms with van der Waals surface area (Å²) < 4.78 is 28.0. The van der Waals surface area contributed by atoms with Crippen LogP contribution in [-0.2, 0) is 19.6 Å². The average Bonchev–Trinajstić information content (AvgIpc) is 2.95. The summed E-state index contributed by atoms with van der Waals surface area (Å²) in [6, 6.07) is 25.3. The molecule has 1 heterocycles. The maximum absolute atomic E-state index is 6.01. The van der Waals surface area contributed by atoms with E-state index in [0.717, 1.165) is 34.8 Å². The molecule has 0 aliphatic heterocycles. The number of methoxy groups -OCH3 is 3. The molecule has 192 valence electrons. The van der Waals surface area contributed by atoms with Crippen molar-refractivity contribution in [2.45, 2.75) is 19.6 Å². The predicted octanol–water partition coefficient (Wildman–Crippen LogP) is 5.32. The lowest BCUT2D eigenvalue weighted by Crippen LogP contribution is -2.09. The van der Waals surface area contributed by atoms with Crippen LogP contribution in [0.15, 0.2) is 78.9 Å². The van der Waals surface area contributed by atoms with E-state index in [9.17, 15) is 0 Å². The molecule has 0 amide bonds. The van der Waals surface area contributed by atoms with E-state index in [1.165, 1.54) is 5.56 Å². The second-order valence-corrected chi connectivity index (χ2v) is 8.10. The van der Waals surface area contributed by atoms with Crippen LogP contribution in [0.3, 0.4) is 0 Å². The van der Waals surface area contributed by atoms with Gasteiger partial charge in [-0.05, 0) is 36.2 Å². The van der Waals surface area contributed by atoms with Crippen molar-refractivity contribution in [1.82, 2.24) is 9.97 Å². The fraction of sp³-hybridized carbons (Fsp3) is 0.241. The summed E-state index contributed by atoms with van der Waals surface area (Å²) in [6.45, 7) is 1.21. The second-order valence-electron chi connectivity index (χ2n) is 8.10. The maximum atomic E-state index is 6.01. The lowest BCUT2D eigenvalue weighted by molar-refractivity contribution is 0.253. The van der Waals surface area contributed by atoms with Crippen LogP contribution in [-0.4, -0.2) is 37.8 Å². The van der Waals surface area contributed by atoms with E-state index in [2.05, 4.69) is 15.3 Å². The Morgan fingerprint density at radius 2 is 1.30 bits per heavy atom. The molecule has 0 atom stereocenters. The molecular formula is C29H31N3O5. The molecule has 8 heteroatoms. The standard InChI is InChI=1S/C29H31N3O5/c1-33-24-14-12-21(13-15-24)16-17-30-27-18-28(36-19-22-8-4-6-10-25(22)34-2)32-29(31-27)37-20-23-9-5-7-11-26(23)35-3/h4-15,18H,16-17,19-20H2,1-3H3,(H,30,31,32). The van der Waals surface area contributed by atoms with Crippen LogP contribution < -0.4 is 29.0 Å². The third kappa shape index (κ3) is 7.27. The number of benzene rings is 3. The maximum Gasteiger partial charge on any atom is 0.322 e. The number of nitrogens with one attached hydrogen (secondary N) is 1. The van der Waals surface area contributed by atoms with Crippen molar-refractivity contribution in [3.8, 4) is 29.1 Å². The minimum absolute atomic E-state index is 0.204. The van der Waals surface area contributed by atoms with Gasteiger partial charge in [0.05, 0.1) is 21.3 Å². The molecule has 0 spiro atoms. The van der Waals surface area contributed by atoms with Crippen molar-refractivity contribution in [3.05, 3.63) is 95.6 Å². The summed E-state index contributed by atoms with van der Waals surface area (Å²) in [7, 11) is 4.93. The van der Waals surface area contributed by atoms with Gasteiger partial charge in [-0.1, -0.05) is 48.5 Å². The van der Waals surface area contributed by atoms with Crippen LogP contribution in [0.5, 0.6) is 29.1 Å². The zero-order chi connectivity index (χ0) is 25.9. The molecule has 4 rings (SSSR count). The van der Waals surface area contributed by atoms with Gasteiger partial charge in [0.1, 0.15) is 36.3 Å². The average molecular weight is 502 g/mol. The zero-order valence-electron chi connectivity index (χ0n) is 21.3. The third-order valence-corrected chi connectivity index (χ3v) is 5.68. The summed E-state index contributed by atoms with van der Waals surface area (Å²) in [5.74, 6) is 3.32. The van der Waals surface area contributed by atoms with Crippen molar-refractivity contribution in [2.24, 2.45) is 0 Å². The Hall–Kier alpha value is -4.46. The van der Waals surface area contributed by atoms with Gasteiger partial charge >= 0.3 is 6.01 Å². The molecule has 4 aromatic rings. The first-order chi connectivity index (χ1) is 18.2. The zero-order valence-corrected chi connectivity index (χ0v) is 21.3. The molecule has 1 N–H and O–H groups in total. The van der Waals surface area contributed by atoms with Crippen molar-refractivity contribution in [1.29, 1.82) is 0 Å². The Morgan fingerprint density at radius 1 is 0.676 bits per heavy atom. The molecule has 37 heavy (non-hydrogen) atoms. The minimum atomic E-state index is 0.204. The molecule has 0 saturated heterocycles. The van der Waals surface area contributed by atoms with Crippen LogP contribution in [0.25, 0.3) is 0 Å². The number of aromatic nitrogens is 2. The van der Waals surface area contributed by atoms with E-state index in [1.807, 2.05) is 72.8 Å². The first kappa shape index (κ1) is 25.6. The van der Waals surface area contributed by atoms with Crippen LogP contribution in [0.1, 0.15) is 16.7 Å². The Kier molecular flexibility index (Phi) is 9.02. The summed E-state index contributed by atoms with van der Waals surface area (Å²) in [5, 5.41) is 3.35. The molecule has 0 bridgehead atoms. The van der Waals surface area contributed by atoms with E-state index in [0.29, 0.717) is 18.2 Å². The molecule has 0 aliphatic carbocycles. The minimum Gasteiger partial charge on any atom is -0.497 e. The lowest BCUT2D eigenvalue weighted by Gasteiger charge is -2.13. The molecule has 0 saturated carbocycles. The number of para-hydroxylation sites is 2. The summed E-state index contributed by atoms with van der Waals surface area (Å²) in [5.41, 5.74) is 2.99. The van der Waals surface area contributed by atoms with Crippen LogP contribution in [0, 0.1) is 0 Å². The van der Waals surface area contributed by atoms with Crippen molar-refractivity contribution >= 4 is 5.82 Å². The fourth-order valence-corrected chi connectivity index (χ4v) is 3.70. The van der Waals surface area contributed by atoms with Gasteiger partial charge in [0.25, 0.3) is 0 Å². The monoisotopic (exact) mass is 501 g/mol. The number of hydrogen-bond donors (Lipinski definition) is 1. The van der Waals surface area contributed by atoms with Gasteiger partial charge < -0.3 is 29.0 Å². The molecular weight excluding hydrogens is 470 g/mol. The normalized spacial score (nSPS) is 10.5. The topological polar surface area (TPSA) is 84.0 Å². The largest absolute Gasteiger partial charge is 0.497 e. The number of ether oxygens (including phenoxy) is 5. The van der Waals surface area contributed by atoms with Crippen molar-refractivity contribution < 1.29 is 23.7 Å². The molecule has 3 aromatic carbocycles. The highest BCUT2D eigenvalue weighted by molar-refractivity contribution is 5.41. The van der Waals surface area contributed by atoms with E-state index in [-0.39, 0.29) is 19.2 Å². The Balaban J connectivity index is 1.47. The van der Waals surface area contributed by atoms with Crippen LogP contribution in [0.2, 0.25) is 0 Å². The second kappa shape index (κ2) is 13.0.